The highest BCUT2D eigenvalue weighted by molar-refractivity contribution is 14.0. The van der Waals surface area contributed by atoms with Gasteiger partial charge in [-0.25, -0.2) is 13.6 Å². The molecular weight excluding hydrogens is 451 g/mol. The maximum absolute atomic E-state index is 11.2. The molecule has 25 heavy (non-hydrogen) atoms. The molecule has 0 bridgehead atoms. The molecule has 144 valence electrons. The monoisotopic (exact) mass is 482 g/mol. The molecular formula is C17H31IN4O2S. The molecule has 1 aromatic rings. The van der Waals surface area contributed by atoms with Crippen LogP contribution in [0.3, 0.4) is 0 Å². The molecule has 0 aromatic heterocycles. The van der Waals surface area contributed by atoms with E-state index in [4.69, 9.17) is 5.14 Å². The Morgan fingerprint density at radius 3 is 2.24 bits per heavy atom. The number of nitrogens with two attached hydrogens (primary N) is 1. The lowest BCUT2D eigenvalue weighted by Gasteiger charge is -2.23. The second-order valence-electron chi connectivity index (χ2n) is 7.26. The van der Waals surface area contributed by atoms with Crippen molar-refractivity contribution < 1.29 is 8.42 Å². The van der Waals surface area contributed by atoms with Gasteiger partial charge in [-0.3, -0.25) is 4.99 Å². The normalized spacial score (nSPS) is 13.8. The lowest BCUT2D eigenvalue weighted by molar-refractivity contribution is 0.346. The average Bonchev–Trinajstić information content (AvgIpc) is 2.48. The smallest absolute Gasteiger partial charge is 0.238 e. The second kappa shape index (κ2) is 10.3. The van der Waals surface area contributed by atoms with Gasteiger partial charge in [0.1, 0.15) is 0 Å². The van der Waals surface area contributed by atoms with Crippen LogP contribution >= 0.6 is 24.0 Å². The van der Waals surface area contributed by atoms with Gasteiger partial charge in [-0.2, -0.15) is 0 Å². The van der Waals surface area contributed by atoms with Crippen LogP contribution in [0.25, 0.3) is 0 Å². The number of hydrogen-bond donors (Lipinski definition) is 3. The number of hydrogen-bond acceptors (Lipinski definition) is 3. The van der Waals surface area contributed by atoms with Crippen LogP contribution in [-0.2, 0) is 16.6 Å². The summed E-state index contributed by atoms with van der Waals surface area (Å²) in [5.74, 6) is 0.729. The van der Waals surface area contributed by atoms with Gasteiger partial charge < -0.3 is 10.6 Å². The van der Waals surface area contributed by atoms with E-state index in [1.54, 1.807) is 19.2 Å². The largest absolute Gasteiger partial charge is 0.354 e. The number of halogens is 1. The summed E-state index contributed by atoms with van der Waals surface area (Å²) in [5.41, 5.74) is 1.27. The lowest BCUT2D eigenvalue weighted by Crippen LogP contribution is -2.42. The van der Waals surface area contributed by atoms with Crippen molar-refractivity contribution in [1.82, 2.24) is 10.6 Å². The molecule has 0 radical (unpaired) electrons. The molecule has 1 unspecified atom stereocenters. The number of nitrogens with one attached hydrogen (secondary N) is 2. The molecule has 0 spiro atoms. The van der Waals surface area contributed by atoms with Crippen LogP contribution in [0.2, 0.25) is 0 Å². The van der Waals surface area contributed by atoms with E-state index in [2.05, 4.69) is 43.3 Å². The molecule has 8 heteroatoms. The summed E-state index contributed by atoms with van der Waals surface area (Å²) in [6.45, 7) is 9.39. The summed E-state index contributed by atoms with van der Waals surface area (Å²) in [6, 6.07) is 6.81. The van der Waals surface area contributed by atoms with Crippen molar-refractivity contribution >= 4 is 40.0 Å². The summed E-state index contributed by atoms with van der Waals surface area (Å²) >= 11 is 0. The first-order valence-corrected chi connectivity index (χ1v) is 9.65. The molecule has 0 amide bonds. The molecule has 0 aliphatic heterocycles. The fourth-order valence-electron chi connectivity index (χ4n) is 2.13. The Bertz CT molecular complexity index is 652. The number of rotatable bonds is 6. The highest BCUT2D eigenvalue weighted by Gasteiger charge is 2.13. The molecule has 1 rings (SSSR count). The molecule has 0 heterocycles. The number of nitrogens with zero attached hydrogens (tertiary/aromatic N) is 1. The van der Waals surface area contributed by atoms with Crippen molar-refractivity contribution in [3.63, 3.8) is 0 Å². The maximum atomic E-state index is 11.2. The maximum Gasteiger partial charge on any atom is 0.238 e. The highest BCUT2D eigenvalue weighted by Crippen LogP contribution is 2.21. The van der Waals surface area contributed by atoms with Crippen molar-refractivity contribution in [1.29, 1.82) is 0 Å². The van der Waals surface area contributed by atoms with Crippen molar-refractivity contribution in [3.8, 4) is 0 Å². The highest BCUT2D eigenvalue weighted by atomic mass is 127. The van der Waals surface area contributed by atoms with Crippen LogP contribution in [0.5, 0.6) is 0 Å². The Labute approximate surface area is 169 Å². The van der Waals surface area contributed by atoms with E-state index in [0.717, 1.165) is 24.4 Å². The van der Waals surface area contributed by atoms with Gasteiger partial charge in [0.05, 0.1) is 4.90 Å². The van der Waals surface area contributed by atoms with Crippen molar-refractivity contribution in [2.24, 2.45) is 15.5 Å². The van der Waals surface area contributed by atoms with Crippen LogP contribution in [0, 0.1) is 5.41 Å². The predicted molar refractivity (Wildman–Crippen MR) is 115 cm³/mol. The molecule has 6 nitrogen and oxygen atoms in total. The van der Waals surface area contributed by atoms with Crippen molar-refractivity contribution in [3.05, 3.63) is 29.8 Å². The summed E-state index contributed by atoms with van der Waals surface area (Å²) in [4.78, 5) is 4.34. The fraction of sp³-hybridized carbons (Fsp3) is 0.588. The minimum atomic E-state index is -3.65. The Balaban J connectivity index is 0.00000576. The Morgan fingerprint density at radius 1 is 1.24 bits per heavy atom. The predicted octanol–water partition coefficient (Wildman–Crippen LogP) is 2.83. The minimum absolute atomic E-state index is 0. The number of sulfonamides is 1. The molecule has 0 aliphatic rings. The Kier molecular flexibility index (Phi) is 9.96. The topological polar surface area (TPSA) is 96.6 Å². The number of benzene rings is 1. The van der Waals surface area contributed by atoms with Crippen LogP contribution in [0.15, 0.2) is 34.2 Å². The van der Waals surface area contributed by atoms with E-state index in [-0.39, 0.29) is 28.9 Å². The van der Waals surface area contributed by atoms with E-state index in [1.807, 2.05) is 0 Å². The Morgan fingerprint density at radius 2 is 1.80 bits per heavy atom. The lowest BCUT2D eigenvalue weighted by atomic mass is 9.89. The molecule has 0 aliphatic carbocycles. The van der Waals surface area contributed by atoms with Crippen molar-refractivity contribution in [2.75, 3.05) is 7.05 Å². The molecule has 0 fully saturated rings. The first kappa shape index (κ1) is 24.1. The van der Waals surface area contributed by atoms with E-state index in [9.17, 15) is 8.42 Å². The van der Waals surface area contributed by atoms with Gasteiger partial charge in [-0.1, -0.05) is 32.9 Å². The zero-order chi connectivity index (χ0) is 18.4. The Hall–Kier alpha value is -0.870. The van der Waals surface area contributed by atoms with E-state index in [0.29, 0.717) is 18.0 Å². The second-order valence-corrected chi connectivity index (χ2v) is 8.82. The van der Waals surface area contributed by atoms with Gasteiger partial charge in [0.15, 0.2) is 5.96 Å². The first-order valence-electron chi connectivity index (χ1n) is 8.10. The van der Waals surface area contributed by atoms with Crippen LogP contribution < -0.4 is 15.8 Å². The quantitative estimate of drug-likeness (QED) is 0.330. The number of aliphatic imine (C=N–C) groups is 1. The average molecular weight is 482 g/mol. The van der Waals surface area contributed by atoms with Crippen LogP contribution in [0.1, 0.15) is 46.1 Å². The fourth-order valence-corrected chi connectivity index (χ4v) is 2.65. The summed E-state index contributed by atoms with van der Waals surface area (Å²) in [5, 5.41) is 11.7. The summed E-state index contributed by atoms with van der Waals surface area (Å²) < 4.78 is 22.5. The molecule has 4 N–H and O–H groups in total. The first-order chi connectivity index (χ1) is 11.0. The third kappa shape index (κ3) is 10.0. The van der Waals surface area contributed by atoms with Gasteiger partial charge in [0, 0.05) is 19.6 Å². The molecule has 0 saturated carbocycles. The zero-order valence-electron chi connectivity index (χ0n) is 15.7. The molecule has 1 atom stereocenters. The number of primary sulfonamides is 1. The van der Waals surface area contributed by atoms with Crippen LogP contribution in [-0.4, -0.2) is 27.5 Å². The molecule has 0 saturated heterocycles. The minimum Gasteiger partial charge on any atom is -0.354 e. The van der Waals surface area contributed by atoms with Gasteiger partial charge in [0.2, 0.25) is 10.0 Å². The summed E-state index contributed by atoms with van der Waals surface area (Å²) in [7, 11) is -1.91. The van der Waals surface area contributed by atoms with E-state index < -0.39 is 10.0 Å². The van der Waals surface area contributed by atoms with Crippen LogP contribution in [0.4, 0.5) is 0 Å². The van der Waals surface area contributed by atoms with E-state index in [1.165, 1.54) is 12.1 Å². The van der Waals surface area contributed by atoms with E-state index >= 15 is 0 Å². The third-order valence-corrected chi connectivity index (χ3v) is 4.58. The zero-order valence-corrected chi connectivity index (χ0v) is 18.8. The van der Waals surface area contributed by atoms with Crippen molar-refractivity contribution in [2.45, 2.75) is 58.0 Å². The van der Waals surface area contributed by atoms with Gasteiger partial charge in [-0.05, 0) is 42.9 Å². The van der Waals surface area contributed by atoms with Gasteiger partial charge in [-0.15, -0.1) is 24.0 Å². The van der Waals surface area contributed by atoms with Gasteiger partial charge >= 0.3 is 0 Å². The van der Waals surface area contributed by atoms with Gasteiger partial charge in [0.25, 0.3) is 0 Å². The summed E-state index contributed by atoms with van der Waals surface area (Å²) in [6.07, 6.45) is 2.19. The third-order valence-electron chi connectivity index (χ3n) is 3.65. The number of guanidine groups is 1. The molecule has 1 aromatic carbocycles. The standard InChI is InChI=1S/C17H30N4O2S.HI/c1-13(10-11-17(2,3)4)21-16(19-5)20-12-14-6-8-15(9-7-14)24(18,22)23;/h6-9,13H,10-12H2,1-5H3,(H2,18,22,23)(H2,19,20,21);1H. The SMILES string of the molecule is CN=C(NCc1ccc(S(N)(=O)=O)cc1)NC(C)CCC(C)(C)C.I.